The van der Waals surface area contributed by atoms with Crippen LogP contribution in [0, 0.1) is 5.92 Å². The zero-order valence-corrected chi connectivity index (χ0v) is 16.1. The molecular weight excluding hydrogens is 356 g/mol. The Morgan fingerprint density at radius 2 is 2.04 bits per heavy atom. The first-order chi connectivity index (χ1) is 13.6. The number of rotatable bonds is 6. The first-order valence-electron chi connectivity index (χ1n) is 9.45. The van der Waals surface area contributed by atoms with Crippen LogP contribution < -0.4 is 5.32 Å². The summed E-state index contributed by atoms with van der Waals surface area (Å²) in [6, 6.07) is 5.58. The molecule has 0 atom stereocenters. The Balaban J connectivity index is 1.35. The Morgan fingerprint density at radius 3 is 2.75 bits per heavy atom. The van der Waals surface area contributed by atoms with E-state index in [4.69, 9.17) is 0 Å². The molecule has 0 saturated heterocycles. The highest BCUT2D eigenvalue weighted by Gasteiger charge is 2.19. The molecule has 0 aliphatic carbocycles. The van der Waals surface area contributed by atoms with E-state index in [1.54, 1.807) is 35.6 Å². The minimum Gasteiger partial charge on any atom is -0.346 e. The van der Waals surface area contributed by atoms with E-state index in [1.165, 1.54) is 5.69 Å². The normalized spacial score (nSPS) is 14.2. The van der Waals surface area contributed by atoms with E-state index in [2.05, 4.69) is 50.4 Å². The molecule has 146 valence electrons. The molecule has 0 spiro atoms. The fourth-order valence-corrected chi connectivity index (χ4v) is 3.40. The predicted molar refractivity (Wildman–Crippen MR) is 103 cm³/mol. The van der Waals surface area contributed by atoms with Crippen LogP contribution in [0.1, 0.15) is 35.6 Å². The van der Waals surface area contributed by atoms with Gasteiger partial charge in [0.25, 0.3) is 5.91 Å². The molecule has 4 heterocycles. The molecular formula is C19H24N8O. The third-order valence-electron chi connectivity index (χ3n) is 4.67. The van der Waals surface area contributed by atoms with Crippen LogP contribution in [-0.2, 0) is 19.6 Å². The van der Waals surface area contributed by atoms with Crippen molar-refractivity contribution in [2.24, 2.45) is 5.92 Å². The van der Waals surface area contributed by atoms with Crippen LogP contribution in [-0.4, -0.2) is 53.4 Å². The van der Waals surface area contributed by atoms with E-state index in [9.17, 15) is 4.79 Å². The van der Waals surface area contributed by atoms with Crippen molar-refractivity contribution in [1.82, 2.24) is 39.7 Å². The topological polar surface area (TPSA) is 93.8 Å². The van der Waals surface area contributed by atoms with Crippen molar-refractivity contribution >= 4 is 5.91 Å². The average Bonchev–Trinajstić information content (AvgIpc) is 3.35. The van der Waals surface area contributed by atoms with Crippen LogP contribution in [0.3, 0.4) is 0 Å². The Kier molecular flexibility index (Phi) is 5.16. The van der Waals surface area contributed by atoms with Gasteiger partial charge < -0.3 is 5.32 Å². The summed E-state index contributed by atoms with van der Waals surface area (Å²) in [5.41, 5.74) is 2.59. The largest absolute Gasteiger partial charge is 0.346 e. The minimum atomic E-state index is -0.171. The molecule has 0 bridgehead atoms. The van der Waals surface area contributed by atoms with Gasteiger partial charge in [-0.2, -0.15) is 5.10 Å². The molecule has 0 saturated carbocycles. The second kappa shape index (κ2) is 7.89. The third kappa shape index (κ3) is 4.09. The Bertz CT molecular complexity index is 930. The number of carbonyl (C=O) groups is 1. The fourth-order valence-electron chi connectivity index (χ4n) is 3.40. The third-order valence-corrected chi connectivity index (χ3v) is 4.67. The number of amides is 1. The summed E-state index contributed by atoms with van der Waals surface area (Å²) in [5, 5.41) is 15.0. The summed E-state index contributed by atoms with van der Waals surface area (Å²) < 4.78 is 3.73. The maximum Gasteiger partial charge on any atom is 0.253 e. The molecule has 1 amide bonds. The van der Waals surface area contributed by atoms with E-state index in [-0.39, 0.29) is 5.91 Å². The number of hydrogen-bond acceptors (Lipinski definition) is 6. The van der Waals surface area contributed by atoms with Gasteiger partial charge in [-0.1, -0.05) is 13.8 Å². The van der Waals surface area contributed by atoms with Crippen LogP contribution in [0.4, 0.5) is 0 Å². The maximum absolute atomic E-state index is 12.4. The molecule has 28 heavy (non-hydrogen) atoms. The summed E-state index contributed by atoms with van der Waals surface area (Å²) in [5.74, 6) is 1.14. The van der Waals surface area contributed by atoms with Crippen molar-refractivity contribution in [3.8, 4) is 5.82 Å². The van der Waals surface area contributed by atoms with E-state index in [1.807, 2.05) is 4.68 Å². The molecule has 9 nitrogen and oxygen atoms in total. The van der Waals surface area contributed by atoms with Crippen LogP contribution >= 0.6 is 0 Å². The molecule has 0 aromatic carbocycles. The van der Waals surface area contributed by atoms with E-state index in [0.29, 0.717) is 23.8 Å². The summed E-state index contributed by atoms with van der Waals surface area (Å²) in [6.07, 6.45) is 4.67. The molecule has 1 N–H and O–H groups in total. The summed E-state index contributed by atoms with van der Waals surface area (Å²) in [6.45, 7) is 8.79. The highest BCUT2D eigenvalue weighted by atomic mass is 16.1. The van der Waals surface area contributed by atoms with Crippen molar-refractivity contribution in [3.63, 3.8) is 0 Å². The van der Waals surface area contributed by atoms with Crippen molar-refractivity contribution < 1.29 is 4.79 Å². The summed E-state index contributed by atoms with van der Waals surface area (Å²) >= 11 is 0. The molecule has 0 unspecified atom stereocenters. The molecule has 9 heteroatoms. The van der Waals surface area contributed by atoms with Crippen LogP contribution in [0.2, 0.25) is 0 Å². The number of fused-ring (bicyclic) bond motifs is 1. The van der Waals surface area contributed by atoms with Gasteiger partial charge in [0.1, 0.15) is 18.5 Å². The van der Waals surface area contributed by atoms with Gasteiger partial charge in [0, 0.05) is 25.8 Å². The summed E-state index contributed by atoms with van der Waals surface area (Å²) in [7, 11) is 0. The molecule has 3 aromatic rings. The van der Waals surface area contributed by atoms with Gasteiger partial charge in [-0.3, -0.25) is 18.9 Å². The van der Waals surface area contributed by atoms with Crippen LogP contribution in [0.25, 0.3) is 5.82 Å². The second-order valence-electron chi connectivity index (χ2n) is 7.44. The summed E-state index contributed by atoms with van der Waals surface area (Å²) in [4.78, 5) is 19.1. The quantitative estimate of drug-likeness (QED) is 0.692. The van der Waals surface area contributed by atoms with Gasteiger partial charge >= 0.3 is 0 Å². The predicted octanol–water partition coefficient (Wildman–Crippen LogP) is 1.26. The smallest absolute Gasteiger partial charge is 0.253 e. The van der Waals surface area contributed by atoms with E-state index >= 15 is 0 Å². The maximum atomic E-state index is 12.4. The van der Waals surface area contributed by atoms with Crippen molar-refractivity contribution in [2.45, 2.75) is 33.5 Å². The monoisotopic (exact) mass is 380 g/mol. The lowest BCUT2D eigenvalue weighted by Gasteiger charge is -2.28. The van der Waals surface area contributed by atoms with Crippen molar-refractivity contribution in [3.05, 3.63) is 54.0 Å². The first kappa shape index (κ1) is 18.3. The Labute approximate surface area is 163 Å². The van der Waals surface area contributed by atoms with Gasteiger partial charge in [-0.05, 0) is 24.1 Å². The Hall–Kier alpha value is -3.07. The van der Waals surface area contributed by atoms with Gasteiger partial charge in [-0.15, -0.1) is 10.2 Å². The molecule has 0 fully saturated rings. The number of hydrogen-bond donors (Lipinski definition) is 1. The lowest BCUT2D eigenvalue weighted by molar-refractivity contribution is 0.0950. The van der Waals surface area contributed by atoms with Crippen LogP contribution in [0.15, 0.2) is 37.1 Å². The van der Waals surface area contributed by atoms with E-state index < -0.39 is 0 Å². The fraction of sp³-hybridized carbons (Fsp3) is 0.421. The SMILES string of the molecule is CC(C)CN1CCn2nc(CNC(=O)c3ccc(-n4cnnc4)nc3)cc2C1. The lowest BCUT2D eigenvalue weighted by Crippen LogP contribution is -2.36. The highest BCUT2D eigenvalue weighted by Crippen LogP contribution is 2.15. The van der Waals surface area contributed by atoms with Crippen molar-refractivity contribution in [1.29, 1.82) is 0 Å². The molecule has 4 rings (SSSR count). The van der Waals surface area contributed by atoms with Gasteiger partial charge in [0.2, 0.25) is 0 Å². The number of aromatic nitrogens is 6. The van der Waals surface area contributed by atoms with Crippen molar-refractivity contribution in [2.75, 3.05) is 13.1 Å². The zero-order valence-electron chi connectivity index (χ0n) is 16.1. The number of nitrogens with zero attached hydrogens (tertiary/aromatic N) is 7. The first-order valence-corrected chi connectivity index (χ1v) is 9.45. The van der Waals surface area contributed by atoms with Gasteiger partial charge in [-0.25, -0.2) is 4.98 Å². The standard InChI is InChI=1S/C19H24N8O/c1-14(2)10-25-5-6-27-17(11-25)7-16(24-27)9-21-19(28)15-3-4-18(20-8-15)26-12-22-23-13-26/h3-4,7-8,12-14H,5-6,9-11H2,1-2H3,(H,21,28). The Morgan fingerprint density at radius 1 is 1.21 bits per heavy atom. The van der Waals surface area contributed by atoms with Gasteiger partial charge in [0.15, 0.2) is 0 Å². The van der Waals surface area contributed by atoms with Crippen LogP contribution in [0.5, 0.6) is 0 Å². The number of pyridine rings is 1. The number of nitrogens with one attached hydrogen (secondary N) is 1. The highest BCUT2D eigenvalue weighted by molar-refractivity contribution is 5.93. The van der Waals surface area contributed by atoms with Gasteiger partial charge in [0.05, 0.1) is 30.0 Å². The molecule has 1 aliphatic rings. The average molecular weight is 380 g/mol. The molecule has 3 aromatic heterocycles. The molecule has 1 aliphatic heterocycles. The molecule has 0 radical (unpaired) electrons. The number of carbonyl (C=O) groups excluding carboxylic acids is 1. The lowest BCUT2D eigenvalue weighted by atomic mass is 10.2. The van der Waals surface area contributed by atoms with E-state index in [0.717, 1.165) is 31.9 Å². The zero-order chi connectivity index (χ0) is 19.5. The minimum absolute atomic E-state index is 0.171. The second-order valence-corrected chi connectivity index (χ2v) is 7.44.